The summed E-state index contributed by atoms with van der Waals surface area (Å²) in [7, 11) is -2.81. The number of sulfone groups is 1. The van der Waals surface area contributed by atoms with Crippen molar-refractivity contribution in [1.82, 2.24) is 5.32 Å². The van der Waals surface area contributed by atoms with E-state index < -0.39 is 9.84 Å². The largest absolute Gasteiger partial charge is 0.316 e. The van der Waals surface area contributed by atoms with Crippen LogP contribution in [0.3, 0.4) is 0 Å². The monoisotopic (exact) mass is 255 g/mol. The van der Waals surface area contributed by atoms with Crippen molar-refractivity contribution in [3.05, 3.63) is 35.4 Å². The van der Waals surface area contributed by atoms with Gasteiger partial charge in [-0.15, -0.1) is 0 Å². The van der Waals surface area contributed by atoms with Gasteiger partial charge in [-0.25, -0.2) is 8.42 Å². The van der Waals surface area contributed by atoms with Crippen molar-refractivity contribution in [1.29, 1.82) is 0 Å². The van der Waals surface area contributed by atoms with Crippen LogP contribution in [0.2, 0.25) is 0 Å². The average molecular weight is 255 g/mol. The molecule has 0 atom stereocenters. The van der Waals surface area contributed by atoms with Crippen molar-refractivity contribution in [3.63, 3.8) is 0 Å². The van der Waals surface area contributed by atoms with Gasteiger partial charge in [-0.05, 0) is 44.0 Å². The van der Waals surface area contributed by atoms with Crippen LogP contribution in [0.4, 0.5) is 0 Å². The van der Waals surface area contributed by atoms with Gasteiger partial charge in [0.05, 0.1) is 5.75 Å². The van der Waals surface area contributed by atoms with Crippen molar-refractivity contribution in [2.24, 2.45) is 0 Å². The van der Waals surface area contributed by atoms with Crippen LogP contribution in [0, 0.1) is 6.92 Å². The number of nitrogens with one attached hydrogen (secondary N) is 1. The molecule has 0 unspecified atom stereocenters. The maximum atomic E-state index is 10.9. The first-order valence-corrected chi connectivity index (χ1v) is 7.98. The molecule has 0 saturated carbocycles. The van der Waals surface area contributed by atoms with Gasteiger partial charge >= 0.3 is 0 Å². The van der Waals surface area contributed by atoms with Crippen LogP contribution >= 0.6 is 0 Å². The molecule has 0 heterocycles. The molecule has 1 N–H and O–H groups in total. The lowest BCUT2D eigenvalue weighted by molar-refractivity contribution is 0.594. The van der Waals surface area contributed by atoms with E-state index in [1.54, 1.807) is 0 Å². The first-order valence-electron chi connectivity index (χ1n) is 5.92. The highest BCUT2D eigenvalue weighted by Crippen LogP contribution is 2.06. The van der Waals surface area contributed by atoms with Crippen LogP contribution in [-0.4, -0.2) is 33.5 Å². The van der Waals surface area contributed by atoms with Gasteiger partial charge in [-0.3, -0.25) is 0 Å². The third kappa shape index (κ3) is 6.44. The first kappa shape index (κ1) is 14.2. The number of hydrogen-bond donors (Lipinski definition) is 1. The molecule has 3 nitrogen and oxygen atoms in total. The Labute approximate surface area is 104 Å². The number of aryl methyl sites for hydroxylation is 1. The highest BCUT2D eigenvalue weighted by atomic mass is 32.2. The van der Waals surface area contributed by atoms with Crippen molar-refractivity contribution < 1.29 is 8.42 Å². The standard InChI is InChI=1S/C13H21NO2S/c1-12-6-3-4-7-13(12)8-10-14-9-5-11-17(2,15)16/h3-4,6-7,14H,5,8-11H2,1-2H3. The number of hydrogen-bond acceptors (Lipinski definition) is 3. The smallest absolute Gasteiger partial charge is 0.147 e. The molecule has 0 radical (unpaired) electrons. The predicted octanol–water partition coefficient (Wildman–Crippen LogP) is 1.56. The molecule has 4 heteroatoms. The summed E-state index contributed by atoms with van der Waals surface area (Å²) in [5, 5.41) is 3.27. The molecule has 0 aliphatic rings. The first-order chi connectivity index (χ1) is 7.99. The summed E-state index contributed by atoms with van der Waals surface area (Å²) in [6.45, 7) is 3.77. The van der Waals surface area contributed by atoms with Crippen LogP contribution in [0.5, 0.6) is 0 Å². The fourth-order valence-electron chi connectivity index (χ4n) is 1.70. The predicted molar refractivity (Wildman–Crippen MR) is 72.1 cm³/mol. The van der Waals surface area contributed by atoms with E-state index >= 15 is 0 Å². The number of benzene rings is 1. The Kier molecular flexibility index (Phi) is 5.65. The van der Waals surface area contributed by atoms with E-state index in [1.165, 1.54) is 17.4 Å². The van der Waals surface area contributed by atoms with Crippen molar-refractivity contribution in [2.45, 2.75) is 19.8 Å². The van der Waals surface area contributed by atoms with Gasteiger partial charge < -0.3 is 5.32 Å². The number of rotatable bonds is 7. The molecule has 0 spiro atoms. The Balaban J connectivity index is 2.15. The van der Waals surface area contributed by atoms with Crippen LogP contribution in [0.1, 0.15) is 17.5 Å². The molecule has 0 amide bonds. The van der Waals surface area contributed by atoms with Gasteiger partial charge in [0.25, 0.3) is 0 Å². The van der Waals surface area contributed by atoms with E-state index in [0.29, 0.717) is 6.42 Å². The lowest BCUT2D eigenvalue weighted by atomic mass is 10.1. The van der Waals surface area contributed by atoms with E-state index in [0.717, 1.165) is 19.5 Å². The molecule has 17 heavy (non-hydrogen) atoms. The molecule has 1 rings (SSSR count). The van der Waals surface area contributed by atoms with Crippen LogP contribution in [0.15, 0.2) is 24.3 Å². The summed E-state index contributed by atoms with van der Waals surface area (Å²) < 4.78 is 21.8. The van der Waals surface area contributed by atoms with Crippen molar-refractivity contribution in [3.8, 4) is 0 Å². The zero-order valence-corrected chi connectivity index (χ0v) is 11.4. The Morgan fingerprint density at radius 2 is 1.88 bits per heavy atom. The minimum absolute atomic E-state index is 0.268. The van der Waals surface area contributed by atoms with Gasteiger partial charge in [-0.2, -0.15) is 0 Å². The van der Waals surface area contributed by atoms with E-state index in [2.05, 4.69) is 24.4 Å². The topological polar surface area (TPSA) is 46.2 Å². The van der Waals surface area contributed by atoms with Gasteiger partial charge in [0.15, 0.2) is 0 Å². The van der Waals surface area contributed by atoms with E-state index in [9.17, 15) is 8.42 Å². The molecule has 0 fully saturated rings. The van der Waals surface area contributed by atoms with Crippen molar-refractivity contribution in [2.75, 3.05) is 25.1 Å². The zero-order chi connectivity index (χ0) is 12.7. The summed E-state index contributed by atoms with van der Waals surface area (Å²) in [6, 6.07) is 8.33. The molecule has 0 aliphatic carbocycles. The minimum atomic E-state index is -2.81. The Morgan fingerprint density at radius 3 is 2.53 bits per heavy atom. The quantitative estimate of drug-likeness (QED) is 0.752. The normalized spacial score (nSPS) is 11.6. The minimum Gasteiger partial charge on any atom is -0.316 e. The fourth-order valence-corrected chi connectivity index (χ4v) is 2.37. The molecule has 0 aromatic heterocycles. The lowest BCUT2D eigenvalue weighted by Crippen LogP contribution is -2.21. The second-order valence-corrected chi connectivity index (χ2v) is 6.67. The Morgan fingerprint density at radius 1 is 1.18 bits per heavy atom. The molecule has 0 aliphatic heterocycles. The summed E-state index contributed by atoms with van der Waals surface area (Å²) in [5.74, 6) is 0.268. The maximum absolute atomic E-state index is 10.9. The molecule has 0 bridgehead atoms. The highest BCUT2D eigenvalue weighted by Gasteiger charge is 2.01. The third-order valence-electron chi connectivity index (χ3n) is 2.70. The molecule has 0 saturated heterocycles. The Bertz CT molecular complexity index is 440. The van der Waals surface area contributed by atoms with Gasteiger partial charge in [0.2, 0.25) is 0 Å². The molecule has 1 aromatic carbocycles. The second kappa shape index (κ2) is 6.77. The third-order valence-corrected chi connectivity index (χ3v) is 3.73. The SMILES string of the molecule is Cc1ccccc1CCNCCCS(C)(=O)=O. The van der Waals surface area contributed by atoms with Gasteiger partial charge in [-0.1, -0.05) is 24.3 Å². The van der Waals surface area contributed by atoms with E-state index in [-0.39, 0.29) is 5.75 Å². The van der Waals surface area contributed by atoms with Crippen LogP contribution < -0.4 is 5.32 Å². The summed E-state index contributed by atoms with van der Waals surface area (Å²) in [5.41, 5.74) is 2.66. The average Bonchev–Trinajstić information content (AvgIpc) is 2.24. The van der Waals surface area contributed by atoms with Crippen LogP contribution in [0.25, 0.3) is 0 Å². The lowest BCUT2D eigenvalue weighted by Gasteiger charge is -2.06. The van der Waals surface area contributed by atoms with E-state index in [1.807, 2.05) is 12.1 Å². The molecule has 96 valence electrons. The summed E-state index contributed by atoms with van der Waals surface area (Å²) >= 11 is 0. The fraction of sp³-hybridized carbons (Fsp3) is 0.538. The molecular weight excluding hydrogens is 234 g/mol. The highest BCUT2D eigenvalue weighted by molar-refractivity contribution is 7.90. The summed E-state index contributed by atoms with van der Waals surface area (Å²) in [6.07, 6.45) is 2.96. The van der Waals surface area contributed by atoms with Crippen molar-refractivity contribution >= 4 is 9.84 Å². The molecular formula is C13H21NO2S. The van der Waals surface area contributed by atoms with Crippen LogP contribution in [-0.2, 0) is 16.3 Å². The zero-order valence-electron chi connectivity index (χ0n) is 10.6. The maximum Gasteiger partial charge on any atom is 0.147 e. The Hall–Kier alpha value is -0.870. The summed E-state index contributed by atoms with van der Waals surface area (Å²) in [4.78, 5) is 0. The second-order valence-electron chi connectivity index (χ2n) is 4.41. The molecule has 1 aromatic rings. The van der Waals surface area contributed by atoms with Gasteiger partial charge in [0, 0.05) is 6.26 Å². The van der Waals surface area contributed by atoms with E-state index in [4.69, 9.17) is 0 Å². The van der Waals surface area contributed by atoms with Gasteiger partial charge in [0.1, 0.15) is 9.84 Å².